The van der Waals surface area contributed by atoms with E-state index in [4.69, 9.17) is 0 Å². The summed E-state index contributed by atoms with van der Waals surface area (Å²) in [4.78, 5) is 0. The molecule has 3 rings (SSSR count). The van der Waals surface area contributed by atoms with Crippen molar-refractivity contribution >= 4 is 10.9 Å². The van der Waals surface area contributed by atoms with Crippen molar-refractivity contribution in [2.24, 2.45) is 7.05 Å². The molecule has 0 amide bonds. The number of rotatable bonds is 3. The zero-order valence-corrected chi connectivity index (χ0v) is 11.3. The molecule has 102 valence electrons. The van der Waals surface area contributed by atoms with Gasteiger partial charge in [-0.1, -0.05) is 31.0 Å². The Bertz CT molecular complexity index is 564. The Morgan fingerprint density at radius 2 is 2.11 bits per heavy atom. The Morgan fingerprint density at radius 1 is 1.32 bits per heavy atom. The highest BCUT2D eigenvalue weighted by molar-refractivity contribution is 5.81. The Hall–Kier alpha value is -1.39. The number of hydrogen-bond acceptors (Lipinski definition) is 3. The molecule has 4 heteroatoms. The summed E-state index contributed by atoms with van der Waals surface area (Å²) in [6.45, 7) is 0.725. The first-order chi connectivity index (χ1) is 9.25. The second kappa shape index (κ2) is 5.31. The first-order valence-electron chi connectivity index (χ1n) is 7.08. The maximum absolute atomic E-state index is 9.98. The zero-order chi connectivity index (χ0) is 13.2. The molecule has 0 spiro atoms. The van der Waals surface area contributed by atoms with Crippen LogP contribution >= 0.6 is 0 Å². The molecule has 0 bridgehead atoms. The molecule has 19 heavy (non-hydrogen) atoms. The first-order valence-corrected chi connectivity index (χ1v) is 7.08. The molecule has 0 aliphatic heterocycles. The molecule has 1 aromatic heterocycles. The molecule has 1 heterocycles. The largest absolute Gasteiger partial charge is 0.392 e. The van der Waals surface area contributed by atoms with Crippen LogP contribution in [0.5, 0.6) is 0 Å². The number of nitrogens with one attached hydrogen (secondary N) is 1. The van der Waals surface area contributed by atoms with Gasteiger partial charge in [-0.25, -0.2) is 0 Å². The summed E-state index contributed by atoms with van der Waals surface area (Å²) in [5, 5.41) is 19.2. The second-order valence-corrected chi connectivity index (χ2v) is 5.43. The standard InChI is InChI=1S/C15H21N3O/c1-18-14-8-4-2-6-11(14)13(17-18)10-16-12-7-3-5-9-15(12)19/h2,4,6,8,12,15-16,19H,3,5,7,9-10H2,1H3. The van der Waals surface area contributed by atoms with Gasteiger partial charge in [-0.05, 0) is 18.9 Å². The summed E-state index contributed by atoms with van der Waals surface area (Å²) < 4.78 is 1.92. The fourth-order valence-corrected chi connectivity index (χ4v) is 3.00. The van der Waals surface area contributed by atoms with E-state index in [2.05, 4.69) is 22.5 Å². The number of aromatic nitrogens is 2. The summed E-state index contributed by atoms with van der Waals surface area (Å²) in [5.41, 5.74) is 2.22. The van der Waals surface area contributed by atoms with Crippen LogP contribution in [0.1, 0.15) is 31.4 Å². The van der Waals surface area contributed by atoms with Gasteiger partial charge in [0, 0.05) is 25.0 Å². The van der Waals surface area contributed by atoms with Crippen LogP contribution in [-0.4, -0.2) is 27.0 Å². The summed E-state index contributed by atoms with van der Waals surface area (Å²) in [6, 6.07) is 8.49. The van der Waals surface area contributed by atoms with Gasteiger partial charge in [-0.2, -0.15) is 5.10 Å². The van der Waals surface area contributed by atoms with Crippen LogP contribution in [0.4, 0.5) is 0 Å². The monoisotopic (exact) mass is 259 g/mol. The van der Waals surface area contributed by atoms with Crippen LogP contribution in [0.3, 0.4) is 0 Å². The summed E-state index contributed by atoms with van der Waals surface area (Å²) in [5.74, 6) is 0. The van der Waals surface area contributed by atoms with E-state index in [-0.39, 0.29) is 12.1 Å². The minimum Gasteiger partial charge on any atom is -0.392 e. The van der Waals surface area contributed by atoms with Crippen molar-refractivity contribution in [2.75, 3.05) is 0 Å². The molecule has 2 aromatic rings. The summed E-state index contributed by atoms with van der Waals surface area (Å²) >= 11 is 0. The Morgan fingerprint density at radius 3 is 2.95 bits per heavy atom. The number of para-hydroxylation sites is 1. The average molecular weight is 259 g/mol. The lowest BCUT2D eigenvalue weighted by Crippen LogP contribution is -2.41. The van der Waals surface area contributed by atoms with Crippen molar-refractivity contribution in [3.63, 3.8) is 0 Å². The van der Waals surface area contributed by atoms with E-state index in [1.165, 1.54) is 11.8 Å². The number of fused-ring (bicyclic) bond motifs is 1. The van der Waals surface area contributed by atoms with E-state index in [1.54, 1.807) is 0 Å². The molecule has 0 radical (unpaired) electrons. The van der Waals surface area contributed by atoms with Crippen LogP contribution < -0.4 is 5.32 Å². The minimum absolute atomic E-state index is 0.205. The Labute approximate surface area is 113 Å². The number of benzene rings is 1. The van der Waals surface area contributed by atoms with Gasteiger partial charge in [0.2, 0.25) is 0 Å². The second-order valence-electron chi connectivity index (χ2n) is 5.43. The molecule has 2 unspecified atom stereocenters. The molecule has 1 aliphatic carbocycles. The van der Waals surface area contributed by atoms with Crippen LogP contribution in [-0.2, 0) is 13.6 Å². The molecule has 1 saturated carbocycles. The third kappa shape index (κ3) is 2.51. The van der Waals surface area contributed by atoms with E-state index < -0.39 is 0 Å². The summed E-state index contributed by atoms with van der Waals surface area (Å²) in [7, 11) is 1.97. The highest BCUT2D eigenvalue weighted by Crippen LogP contribution is 2.20. The number of aliphatic hydroxyl groups excluding tert-OH is 1. The quantitative estimate of drug-likeness (QED) is 0.886. The number of aliphatic hydroxyl groups is 1. The first kappa shape index (κ1) is 12.6. The summed E-state index contributed by atoms with van der Waals surface area (Å²) in [6.07, 6.45) is 4.12. The number of aryl methyl sites for hydroxylation is 1. The molecule has 4 nitrogen and oxygen atoms in total. The van der Waals surface area contributed by atoms with Crippen LogP contribution in [0.15, 0.2) is 24.3 Å². The van der Waals surface area contributed by atoms with Gasteiger partial charge in [0.15, 0.2) is 0 Å². The van der Waals surface area contributed by atoms with Crippen molar-refractivity contribution < 1.29 is 5.11 Å². The van der Waals surface area contributed by atoms with Crippen LogP contribution in [0.25, 0.3) is 10.9 Å². The lowest BCUT2D eigenvalue weighted by Gasteiger charge is -2.28. The average Bonchev–Trinajstić information content (AvgIpc) is 2.75. The van der Waals surface area contributed by atoms with Crippen molar-refractivity contribution in [1.82, 2.24) is 15.1 Å². The molecule has 1 fully saturated rings. The van der Waals surface area contributed by atoms with Crippen LogP contribution in [0.2, 0.25) is 0 Å². The smallest absolute Gasteiger partial charge is 0.0841 e. The normalized spacial score (nSPS) is 23.9. The molecule has 1 aromatic carbocycles. The lowest BCUT2D eigenvalue weighted by atomic mass is 9.92. The van der Waals surface area contributed by atoms with E-state index in [0.717, 1.165) is 37.0 Å². The van der Waals surface area contributed by atoms with Gasteiger partial charge in [0.05, 0.1) is 17.3 Å². The predicted molar refractivity (Wildman–Crippen MR) is 75.8 cm³/mol. The third-order valence-corrected chi connectivity index (χ3v) is 4.10. The maximum atomic E-state index is 9.98. The van der Waals surface area contributed by atoms with Crippen LogP contribution in [0, 0.1) is 0 Å². The molecule has 2 N–H and O–H groups in total. The van der Waals surface area contributed by atoms with Gasteiger partial charge >= 0.3 is 0 Å². The van der Waals surface area contributed by atoms with Crippen molar-refractivity contribution in [3.05, 3.63) is 30.0 Å². The van der Waals surface area contributed by atoms with Gasteiger partial charge in [0.25, 0.3) is 0 Å². The SMILES string of the molecule is Cn1nc(CNC2CCCCC2O)c2ccccc21. The van der Waals surface area contributed by atoms with E-state index in [0.29, 0.717) is 0 Å². The fraction of sp³-hybridized carbons (Fsp3) is 0.533. The highest BCUT2D eigenvalue weighted by atomic mass is 16.3. The Kier molecular flexibility index (Phi) is 3.53. The highest BCUT2D eigenvalue weighted by Gasteiger charge is 2.22. The van der Waals surface area contributed by atoms with Gasteiger partial charge in [0.1, 0.15) is 0 Å². The van der Waals surface area contributed by atoms with Crippen molar-refractivity contribution in [2.45, 2.75) is 44.4 Å². The zero-order valence-electron chi connectivity index (χ0n) is 11.3. The molecular formula is C15H21N3O. The maximum Gasteiger partial charge on any atom is 0.0841 e. The van der Waals surface area contributed by atoms with Gasteiger partial charge in [-0.15, -0.1) is 0 Å². The van der Waals surface area contributed by atoms with Gasteiger partial charge < -0.3 is 10.4 Å². The molecule has 1 aliphatic rings. The molecular weight excluding hydrogens is 238 g/mol. The molecule has 0 saturated heterocycles. The van der Waals surface area contributed by atoms with Gasteiger partial charge in [-0.3, -0.25) is 4.68 Å². The minimum atomic E-state index is -0.205. The molecule has 2 atom stereocenters. The van der Waals surface area contributed by atoms with E-state index in [9.17, 15) is 5.11 Å². The predicted octanol–water partition coefficient (Wildman–Crippen LogP) is 1.97. The Balaban J connectivity index is 1.75. The van der Waals surface area contributed by atoms with E-state index >= 15 is 0 Å². The number of hydrogen-bond donors (Lipinski definition) is 2. The lowest BCUT2D eigenvalue weighted by molar-refractivity contribution is 0.0901. The van der Waals surface area contributed by atoms with E-state index in [1.807, 2.05) is 23.9 Å². The third-order valence-electron chi connectivity index (χ3n) is 4.10. The fourth-order valence-electron chi connectivity index (χ4n) is 3.00. The topological polar surface area (TPSA) is 50.1 Å². The van der Waals surface area contributed by atoms with Crippen molar-refractivity contribution in [3.8, 4) is 0 Å². The van der Waals surface area contributed by atoms with Crippen molar-refractivity contribution in [1.29, 1.82) is 0 Å². The number of nitrogens with zero attached hydrogens (tertiary/aromatic N) is 2.